The van der Waals surface area contributed by atoms with Crippen molar-refractivity contribution in [3.63, 3.8) is 0 Å². The molecule has 0 aromatic heterocycles. The predicted molar refractivity (Wildman–Crippen MR) is 191 cm³/mol. The molecule has 7 aromatic carbocycles. The summed E-state index contributed by atoms with van der Waals surface area (Å²) in [7, 11) is -2.31. The quantitative estimate of drug-likeness (QED) is 0.181. The number of hydrogen-bond acceptors (Lipinski definition) is 1. The Bertz CT molecular complexity index is 2200. The molecule has 1 aliphatic rings. The van der Waals surface area contributed by atoms with Gasteiger partial charge in [-0.2, -0.15) is 0 Å². The Morgan fingerprint density at radius 3 is 1.67 bits per heavy atom. The van der Waals surface area contributed by atoms with Crippen molar-refractivity contribution in [2.45, 2.75) is 5.41 Å². The Labute approximate surface area is 265 Å². The lowest BCUT2D eigenvalue weighted by atomic mass is 9.67. The first-order chi connectivity index (χ1) is 21.9. The molecular formula is C43H33OP. The zero-order valence-corrected chi connectivity index (χ0v) is 26.3. The van der Waals surface area contributed by atoms with Crippen LogP contribution in [0.2, 0.25) is 0 Å². The van der Waals surface area contributed by atoms with E-state index >= 15 is 0 Å². The first-order valence-electron chi connectivity index (χ1n) is 15.5. The number of rotatable bonds is 5. The van der Waals surface area contributed by atoms with E-state index in [2.05, 4.69) is 152 Å². The van der Waals surface area contributed by atoms with E-state index in [0.29, 0.717) is 0 Å². The molecule has 45 heavy (non-hydrogen) atoms. The summed E-state index contributed by atoms with van der Waals surface area (Å²) in [6.07, 6.45) is 0. The largest absolute Gasteiger partial charge is 0.319 e. The lowest BCUT2D eigenvalue weighted by Gasteiger charge is -2.34. The summed E-state index contributed by atoms with van der Waals surface area (Å²) < 4.78 is 12.7. The van der Waals surface area contributed by atoms with Crippen molar-refractivity contribution in [3.8, 4) is 33.4 Å². The van der Waals surface area contributed by atoms with Gasteiger partial charge in [0.2, 0.25) is 0 Å². The number of hydrogen-bond donors (Lipinski definition) is 0. The van der Waals surface area contributed by atoms with Gasteiger partial charge in [0.25, 0.3) is 0 Å². The summed E-state index contributed by atoms with van der Waals surface area (Å²) in [5, 5.41) is 3.40. The van der Waals surface area contributed by atoms with Gasteiger partial charge in [-0.3, -0.25) is 0 Å². The molecule has 8 rings (SSSR count). The zero-order valence-electron chi connectivity index (χ0n) is 25.4. The van der Waals surface area contributed by atoms with Gasteiger partial charge >= 0.3 is 0 Å². The van der Waals surface area contributed by atoms with Gasteiger partial charge in [-0.25, -0.2) is 0 Å². The smallest absolute Gasteiger partial charge is 0.109 e. The van der Waals surface area contributed by atoms with E-state index in [1.807, 2.05) is 25.5 Å². The van der Waals surface area contributed by atoms with E-state index in [1.165, 1.54) is 55.3 Å². The van der Waals surface area contributed by atoms with Crippen molar-refractivity contribution < 1.29 is 4.57 Å². The molecule has 2 heteroatoms. The highest BCUT2D eigenvalue weighted by atomic mass is 31.2. The van der Waals surface area contributed by atoms with E-state index in [-0.39, 0.29) is 0 Å². The summed E-state index contributed by atoms with van der Waals surface area (Å²) in [5.74, 6) is 0. The molecule has 0 radical (unpaired) electrons. The number of fused-ring (bicyclic) bond motifs is 4. The first kappa shape index (κ1) is 27.6. The monoisotopic (exact) mass is 596 g/mol. The molecule has 7 aromatic rings. The topological polar surface area (TPSA) is 17.1 Å². The Morgan fingerprint density at radius 1 is 0.444 bits per heavy atom. The zero-order chi connectivity index (χ0) is 30.6. The Hall–Kier alpha value is -4.97. The van der Waals surface area contributed by atoms with Crippen molar-refractivity contribution in [2.75, 3.05) is 13.3 Å². The van der Waals surface area contributed by atoms with E-state index in [4.69, 9.17) is 0 Å². The maximum atomic E-state index is 12.7. The predicted octanol–water partition coefficient (Wildman–Crippen LogP) is 10.8. The standard InChI is InChI=1S/C43H33OP/c1-45(2,44)37-25-23-30(24-26-37)31-15-11-16-34(27-31)38-21-12-22-40-42(38)39-28-32-13-9-10-14-33(32)29-41(39)43(40,35-17-5-3-6-18-35)36-19-7-4-8-20-36/h3-29H,1-2H3. The van der Waals surface area contributed by atoms with Crippen LogP contribution in [0.4, 0.5) is 0 Å². The minimum atomic E-state index is -2.31. The number of benzene rings is 7. The van der Waals surface area contributed by atoms with Gasteiger partial charge in [0.15, 0.2) is 0 Å². The van der Waals surface area contributed by atoms with Gasteiger partial charge in [-0.05, 0) is 97.9 Å². The van der Waals surface area contributed by atoms with Crippen molar-refractivity contribution in [3.05, 3.63) is 186 Å². The molecule has 0 saturated heterocycles. The highest BCUT2D eigenvalue weighted by Gasteiger charge is 2.47. The summed E-state index contributed by atoms with van der Waals surface area (Å²) in [4.78, 5) is 0. The molecular weight excluding hydrogens is 563 g/mol. The Kier molecular flexibility index (Phi) is 6.48. The third-order valence-electron chi connectivity index (χ3n) is 9.44. The average molecular weight is 597 g/mol. The Morgan fingerprint density at radius 2 is 1.02 bits per heavy atom. The molecule has 0 saturated carbocycles. The van der Waals surface area contributed by atoms with Crippen molar-refractivity contribution in [1.82, 2.24) is 0 Å². The van der Waals surface area contributed by atoms with E-state index in [1.54, 1.807) is 0 Å². The second-order valence-electron chi connectivity index (χ2n) is 12.4. The van der Waals surface area contributed by atoms with Gasteiger partial charge < -0.3 is 4.57 Å². The van der Waals surface area contributed by atoms with Crippen LogP contribution in [-0.2, 0) is 9.98 Å². The second-order valence-corrected chi connectivity index (χ2v) is 15.7. The van der Waals surface area contributed by atoms with Crippen LogP contribution in [0.25, 0.3) is 44.2 Å². The fourth-order valence-corrected chi connectivity index (χ4v) is 8.21. The van der Waals surface area contributed by atoms with Crippen LogP contribution in [0.5, 0.6) is 0 Å². The molecule has 0 amide bonds. The van der Waals surface area contributed by atoms with Crippen molar-refractivity contribution >= 4 is 23.2 Å². The van der Waals surface area contributed by atoms with E-state index in [9.17, 15) is 4.57 Å². The summed E-state index contributed by atoms with van der Waals surface area (Å²) >= 11 is 0. The fourth-order valence-electron chi connectivity index (χ4n) is 7.34. The van der Waals surface area contributed by atoms with Crippen LogP contribution in [0.1, 0.15) is 22.3 Å². The lowest BCUT2D eigenvalue weighted by Crippen LogP contribution is -2.28. The maximum absolute atomic E-state index is 12.7. The van der Waals surface area contributed by atoms with Gasteiger partial charge in [-0.1, -0.05) is 146 Å². The van der Waals surface area contributed by atoms with Gasteiger partial charge in [0, 0.05) is 5.30 Å². The van der Waals surface area contributed by atoms with Crippen LogP contribution < -0.4 is 5.30 Å². The van der Waals surface area contributed by atoms with Crippen LogP contribution in [-0.4, -0.2) is 13.3 Å². The van der Waals surface area contributed by atoms with Crippen LogP contribution >= 0.6 is 7.14 Å². The average Bonchev–Trinajstić information content (AvgIpc) is 3.38. The molecule has 0 N–H and O–H groups in total. The molecule has 0 atom stereocenters. The van der Waals surface area contributed by atoms with E-state index < -0.39 is 12.6 Å². The molecule has 0 aliphatic heterocycles. The maximum Gasteiger partial charge on any atom is 0.109 e. The first-order valence-corrected chi connectivity index (χ1v) is 18.1. The molecule has 216 valence electrons. The molecule has 1 nitrogen and oxygen atoms in total. The van der Waals surface area contributed by atoms with Crippen LogP contribution in [0, 0.1) is 0 Å². The SMILES string of the molecule is CP(C)(=O)c1ccc(-c2cccc(-c3cccc4c3-c3cc5ccccc5cc3C4(c3ccccc3)c3ccccc3)c2)cc1. The minimum absolute atomic E-state index is 0.463. The van der Waals surface area contributed by atoms with E-state index in [0.717, 1.165) is 16.4 Å². The van der Waals surface area contributed by atoms with Crippen LogP contribution in [0.3, 0.4) is 0 Å². The highest BCUT2D eigenvalue weighted by molar-refractivity contribution is 7.70. The fraction of sp³-hybridized carbons (Fsp3) is 0.0698. The Balaban J connectivity index is 1.41. The molecule has 0 heterocycles. The van der Waals surface area contributed by atoms with Gasteiger partial charge in [0.1, 0.15) is 7.14 Å². The summed E-state index contributed by atoms with van der Waals surface area (Å²) in [5.41, 5.74) is 11.9. The third kappa shape index (κ3) is 4.42. The molecule has 0 bridgehead atoms. The highest BCUT2D eigenvalue weighted by Crippen LogP contribution is 2.59. The molecule has 0 fully saturated rings. The van der Waals surface area contributed by atoms with Gasteiger partial charge in [0.05, 0.1) is 5.41 Å². The summed E-state index contributed by atoms with van der Waals surface area (Å²) in [6.45, 7) is 3.65. The van der Waals surface area contributed by atoms with Gasteiger partial charge in [-0.15, -0.1) is 0 Å². The minimum Gasteiger partial charge on any atom is -0.319 e. The molecule has 1 aliphatic carbocycles. The van der Waals surface area contributed by atoms with Crippen molar-refractivity contribution in [1.29, 1.82) is 0 Å². The third-order valence-corrected chi connectivity index (χ3v) is 11.0. The van der Waals surface area contributed by atoms with Crippen LogP contribution in [0.15, 0.2) is 164 Å². The summed E-state index contributed by atoms with van der Waals surface area (Å²) in [6, 6.07) is 59.4. The molecule has 0 spiro atoms. The second kappa shape index (κ2) is 10.6. The lowest BCUT2D eigenvalue weighted by molar-refractivity contribution is 0.588. The van der Waals surface area contributed by atoms with Crippen molar-refractivity contribution in [2.24, 2.45) is 0 Å². The molecule has 0 unspecified atom stereocenters. The normalized spacial score (nSPS) is 13.4.